The minimum Gasteiger partial charge on any atom is -0.497 e. The van der Waals surface area contributed by atoms with Crippen LogP contribution < -0.4 is 14.8 Å². The van der Waals surface area contributed by atoms with E-state index in [1.54, 1.807) is 54.1 Å². The summed E-state index contributed by atoms with van der Waals surface area (Å²) in [5.74, 6) is -1.29. The summed E-state index contributed by atoms with van der Waals surface area (Å²) < 4.78 is 44.5. The standard InChI is InChI=1S/C26H25FN4O4S/c1-16-23(15-36(28,33)34)25(17-3-10-22(35-2)11-4-17)30(26(16)32)21-9-12-24-18(13-21)14-29-31(24)20-7-5-19(27)6-8-20/h3-14,16,23,25H,15H2,1-2H3,(H2,28,33,34)/t16-,23-,25-/m0/s1. The first-order valence-corrected chi connectivity index (χ1v) is 13.1. The fourth-order valence-corrected chi connectivity index (χ4v) is 5.96. The number of rotatable bonds is 6. The molecule has 8 nitrogen and oxygen atoms in total. The van der Waals surface area contributed by atoms with Gasteiger partial charge in [0.2, 0.25) is 15.9 Å². The Hall–Kier alpha value is -3.76. The van der Waals surface area contributed by atoms with Crippen LogP contribution in [0.4, 0.5) is 10.1 Å². The van der Waals surface area contributed by atoms with Crippen LogP contribution in [0.1, 0.15) is 18.5 Å². The van der Waals surface area contributed by atoms with E-state index in [1.807, 2.05) is 30.3 Å². The number of hydrogen-bond donors (Lipinski definition) is 1. The quantitative estimate of drug-likeness (QED) is 0.426. The number of methoxy groups -OCH3 is 1. The molecule has 1 saturated heterocycles. The molecule has 1 aromatic heterocycles. The van der Waals surface area contributed by atoms with Crippen molar-refractivity contribution in [2.75, 3.05) is 17.8 Å². The fraction of sp³-hybridized carbons (Fsp3) is 0.231. The second-order valence-corrected chi connectivity index (χ2v) is 10.6. The molecule has 36 heavy (non-hydrogen) atoms. The molecule has 2 heterocycles. The molecule has 0 unspecified atom stereocenters. The van der Waals surface area contributed by atoms with Gasteiger partial charge < -0.3 is 9.64 Å². The molecule has 4 aromatic rings. The number of anilines is 1. The Labute approximate surface area is 208 Å². The van der Waals surface area contributed by atoms with Gasteiger partial charge in [0.1, 0.15) is 11.6 Å². The van der Waals surface area contributed by atoms with Gasteiger partial charge in [0.05, 0.1) is 36.3 Å². The number of aromatic nitrogens is 2. The number of amides is 1. The molecule has 3 atom stereocenters. The average Bonchev–Trinajstić information content (AvgIpc) is 3.38. The molecule has 10 heteroatoms. The number of sulfonamides is 1. The van der Waals surface area contributed by atoms with Crippen molar-refractivity contribution in [3.63, 3.8) is 0 Å². The molecule has 1 fully saturated rings. The normalized spacial score (nSPS) is 20.3. The van der Waals surface area contributed by atoms with Gasteiger partial charge in [0.25, 0.3) is 0 Å². The third-order valence-electron chi connectivity index (χ3n) is 6.74. The largest absolute Gasteiger partial charge is 0.497 e. The lowest BCUT2D eigenvalue weighted by molar-refractivity contribution is -0.120. The molecule has 3 aromatic carbocycles. The number of hydrogen-bond acceptors (Lipinski definition) is 5. The predicted molar refractivity (Wildman–Crippen MR) is 135 cm³/mol. The van der Waals surface area contributed by atoms with E-state index in [9.17, 15) is 17.6 Å². The maximum absolute atomic E-state index is 13.5. The highest BCUT2D eigenvalue weighted by molar-refractivity contribution is 7.89. The number of ether oxygens (including phenoxy) is 1. The van der Waals surface area contributed by atoms with Gasteiger partial charge >= 0.3 is 0 Å². The monoisotopic (exact) mass is 508 g/mol. The smallest absolute Gasteiger partial charge is 0.230 e. The minimum absolute atomic E-state index is 0.185. The van der Waals surface area contributed by atoms with Gasteiger partial charge in [-0.1, -0.05) is 19.1 Å². The highest BCUT2D eigenvalue weighted by Crippen LogP contribution is 2.45. The Morgan fingerprint density at radius 2 is 1.69 bits per heavy atom. The van der Waals surface area contributed by atoms with E-state index >= 15 is 0 Å². The van der Waals surface area contributed by atoms with Gasteiger partial charge in [-0.3, -0.25) is 4.79 Å². The summed E-state index contributed by atoms with van der Waals surface area (Å²) in [5, 5.41) is 10.6. The predicted octanol–water partition coefficient (Wildman–Crippen LogP) is 3.80. The van der Waals surface area contributed by atoms with E-state index in [2.05, 4.69) is 5.10 Å². The van der Waals surface area contributed by atoms with Gasteiger partial charge in [-0.05, 0) is 60.2 Å². The molecule has 0 aliphatic carbocycles. The van der Waals surface area contributed by atoms with Gasteiger partial charge in [0.15, 0.2) is 0 Å². The van der Waals surface area contributed by atoms with Crippen molar-refractivity contribution in [1.82, 2.24) is 9.78 Å². The lowest BCUT2D eigenvalue weighted by Crippen LogP contribution is -2.31. The van der Waals surface area contributed by atoms with Crippen molar-refractivity contribution in [3.05, 3.63) is 84.3 Å². The number of nitrogens with zero attached hydrogens (tertiary/aromatic N) is 3. The minimum atomic E-state index is -3.83. The van der Waals surface area contributed by atoms with Gasteiger partial charge in [-0.25, -0.2) is 22.6 Å². The lowest BCUT2D eigenvalue weighted by atomic mass is 9.89. The third kappa shape index (κ3) is 4.33. The molecule has 0 spiro atoms. The van der Waals surface area contributed by atoms with Gasteiger partial charge in [0, 0.05) is 22.9 Å². The second-order valence-electron chi connectivity index (χ2n) is 8.98. The van der Waals surface area contributed by atoms with Crippen molar-refractivity contribution in [3.8, 4) is 11.4 Å². The van der Waals surface area contributed by atoms with Gasteiger partial charge in [-0.15, -0.1) is 0 Å². The first-order chi connectivity index (χ1) is 17.2. The number of primary sulfonamides is 1. The molecule has 0 bridgehead atoms. The summed E-state index contributed by atoms with van der Waals surface area (Å²) in [5.41, 5.74) is 2.89. The van der Waals surface area contributed by atoms with Crippen molar-refractivity contribution in [2.45, 2.75) is 13.0 Å². The van der Waals surface area contributed by atoms with E-state index in [0.29, 0.717) is 17.1 Å². The highest BCUT2D eigenvalue weighted by atomic mass is 32.2. The molecule has 5 rings (SSSR count). The first-order valence-electron chi connectivity index (χ1n) is 11.4. The Morgan fingerprint density at radius 3 is 2.33 bits per heavy atom. The Kier molecular flexibility index (Phi) is 6.01. The Bertz CT molecular complexity index is 1530. The third-order valence-corrected chi connectivity index (χ3v) is 7.59. The molecular formula is C26H25FN4O4S. The molecule has 186 valence electrons. The SMILES string of the molecule is COc1ccc([C@H]2[C@@H](CS(N)(=O)=O)[C@H](C)C(=O)N2c2ccc3c(cnn3-c3ccc(F)cc3)c2)cc1. The van der Waals surface area contributed by atoms with Gasteiger partial charge in [-0.2, -0.15) is 5.10 Å². The van der Waals surface area contributed by atoms with E-state index in [-0.39, 0.29) is 17.5 Å². The van der Waals surface area contributed by atoms with Crippen molar-refractivity contribution >= 4 is 32.5 Å². The topological polar surface area (TPSA) is 108 Å². The number of fused-ring (bicyclic) bond motifs is 1. The molecule has 0 saturated carbocycles. The van der Waals surface area contributed by atoms with Crippen LogP contribution in [0.3, 0.4) is 0 Å². The van der Waals surface area contributed by atoms with E-state index < -0.39 is 27.9 Å². The van der Waals surface area contributed by atoms with Crippen LogP contribution in [0, 0.1) is 17.7 Å². The number of carbonyl (C=O) groups excluding carboxylic acids is 1. The number of halogens is 1. The second kappa shape index (κ2) is 9.03. The summed E-state index contributed by atoms with van der Waals surface area (Å²) in [6.45, 7) is 1.74. The number of benzene rings is 3. The molecular weight excluding hydrogens is 483 g/mol. The van der Waals surface area contributed by atoms with Crippen LogP contribution in [0.15, 0.2) is 72.9 Å². The summed E-state index contributed by atoms with van der Waals surface area (Å²) in [7, 11) is -2.27. The van der Waals surface area contributed by atoms with Crippen molar-refractivity contribution in [1.29, 1.82) is 0 Å². The highest BCUT2D eigenvalue weighted by Gasteiger charge is 2.48. The lowest BCUT2D eigenvalue weighted by Gasteiger charge is -2.29. The average molecular weight is 509 g/mol. The zero-order valence-corrected chi connectivity index (χ0v) is 20.5. The van der Waals surface area contributed by atoms with E-state index in [0.717, 1.165) is 16.5 Å². The summed E-state index contributed by atoms with van der Waals surface area (Å²) in [6.07, 6.45) is 1.68. The molecule has 1 amide bonds. The molecule has 0 radical (unpaired) electrons. The zero-order valence-electron chi connectivity index (χ0n) is 19.7. The zero-order chi connectivity index (χ0) is 25.6. The van der Waals surface area contributed by atoms with Crippen LogP contribution in [0.25, 0.3) is 16.6 Å². The molecule has 1 aliphatic heterocycles. The summed E-state index contributed by atoms with van der Waals surface area (Å²) in [4.78, 5) is 15.2. The Morgan fingerprint density at radius 1 is 1.03 bits per heavy atom. The van der Waals surface area contributed by atoms with Crippen LogP contribution in [-0.2, 0) is 14.8 Å². The summed E-state index contributed by atoms with van der Waals surface area (Å²) in [6, 6.07) is 18.2. The van der Waals surface area contributed by atoms with Crippen molar-refractivity contribution in [2.24, 2.45) is 17.0 Å². The van der Waals surface area contributed by atoms with E-state index in [4.69, 9.17) is 9.88 Å². The molecule has 1 aliphatic rings. The molecule has 2 N–H and O–H groups in total. The van der Waals surface area contributed by atoms with Crippen LogP contribution in [0.5, 0.6) is 5.75 Å². The van der Waals surface area contributed by atoms with Crippen LogP contribution >= 0.6 is 0 Å². The van der Waals surface area contributed by atoms with Crippen molar-refractivity contribution < 1.29 is 22.3 Å². The van der Waals surface area contributed by atoms with Crippen LogP contribution in [0.2, 0.25) is 0 Å². The maximum atomic E-state index is 13.5. The van der Waals surface area contributed by atoms with Crippen LogP contribution in [-0.4, -0.2) is 37.0 Å². The number of carbonyl (C=O) groups is 1. The first kappa shape index (κ1) is 24.0. The number of nitrogens with two attached hydrogens (primary N) is 1. The summed E-state index contributed by atoms with van der Waals surface area (Å²) >= 11 is 0. The Balaban J connectivity index is 1.59. The maximum Gasteiger partial charge on any atom is 0.230 e. The van der Waals surface area contributed by atoms with E-state index in [1.165, 1.54) is 12.1 Å². The fourth-order valence-electron chi connectivity index (χ4n) is 4.95.